The molecule has 3 heterocycles. The maximum atomic E-state index is 13.2. The third-order valence-electron chi connectivity index (χ3n) is 8.50. The summed E-state index contributed by atoms with van der Waals surface area (Å²) in [4.78, 5) is 46.3. The fraction of sp³-hybridized carbons (Fsp3) is 0.303. The van der Waals surface area contributed by atoms with Crippen molar-refractivity contribution in [1.82, 2.24) is 15.3 Å². The van der Waals surface area contributed by atoms with Crippen LogP contribution in [0.1, 0.15) is 50.2 Å². The highest BCUT2D eigenvalue weighted by Crippen LogP contribution is 2.39. The van der Waals surface area contributed by atoms with E-state index in [1.807, 2.05) is 30.3 Å². The summed E-state index contributed by atoms with van der Waals surface area (Å²) in [5.74, 6) is -1.63. The lowest BCUT2D eigenvalue weighted by Gasteiger charge is -2.35. The van der Waals surface area contributed by atoms with Crippen LogP contribution in [0.4, 0.5) is 11.4 Å². The van der Waals surface area contributed by atoms with E-state index in [1.54, 1.807) is 44.3 Å². The van der Waals surface area contributed by atoms with Gasteiger partial charge in [-0.1, -0.05) is 30.3 Å². The predicted octanol–water partition coefficient (Wildman–Crippen LogP) is 4.07. The van der Waals surface area contributed by atoms with Crippen LogP contribution in [0.25, 0.3) is 11.3 Å². The number of hydroxylamine groups is 2. The maximum absolute atomic E-state index is 13.2. The second kappa shape index (κ2) is 12.0. The first-order chi connectivity index (χ1) is 20.8. The van der Waals surface area contributed by atoms with Gasteiger partial charge in [-0.15, -0.1) is 0 Å². The minimum Gasteiger partial charge on any atom is -0.478 e. The molecule has 2 saturated heterocycles. The van der Waals surface area contributed by atoms with Crippen LogP contribution in [-0.4, -0.2) is 78.2 Å². The zero-order valence-electron chi connectivity index (χ0n) is 24.2. The van der Waals surface area contributed by atoms with Crippen LogP contribution in [0, 0.1) is 6.92 Å². The van der Waals surface area contributed by atoms with E-state index < -0.39 is 5.97 Å². The molecule has 0 aromatic heterocycles. The number of nitrogens with zero attached hydrogens (tertiary/aromatic N) is 2. The van der Waals surface area contributed by atoms with E-state index in [0.717, 1.165) is 25.2 Å². The first-order valence-electron chi connectivity index (χ1n) is 14.5. The Balaban J connectivity index is 1.19. The van der Waals surface area contributed by atoms with Gasteiger partial charge in [-0.05, 0) is 67.3 Å². The molecule has 0 radical (unpaired) electrons. The van der Waals surface area contributed by atoms with Gasteiger partial charge in [0.1, 0.15) is 0 Å². The standard InChI is InChI=1S/C33H35N5O5/c1-20-16-27-28(17-26(20)33(41)42)36-31(39)29(27)30(21-6-4-3-5-7-21)35-23-10-8-22(9-11-23)32(40)37(2)43-15-14-38-24-12-13-25(38)19-34-18-24/h3-11,16-17,24-25,34-35H,12-15,18-19H2,1-2H3,(H,36,39)(H,41,42)/b30-29-. The molecule has 3 aromatic carbocycles. The van der Waals surface area contributed by atoms with Gasteiger partial charge in [0.2, 0.25) is 0 Å². The Hall–Kier alpha value is -4.51. The first kappa shape index (κ1) is 28.6. The number of aromatic carboxylic acids is 1. The lowest BCUT2D eigenvalue weighted by Crippen LogP contribution is -2.52. The van der Waals surface area contributed by atoms with Crippen LogP contribution < -0.4 is 16.0 Å². The van der Waals surface area contributed by atoms with Gasteiger partial charge in [0.25, 0.3) is 11.8 Å². The Morgan fingerprint density at radius 2 is 1.72 bits per heavy atom. The second-order valence-electron chi connectivity index (χ2n) is 11.2. The van der Waals surface area contributed by atoms with E-state index in [9.17, 15) is 19.5 Å². The van der Waals surface area contributed by atoms with Gasteiger partial charge in [-0.2, -0.15) is 0 Å². The van der Waals surface area contributed by atoms with Crippen molar-refractivity contribution in [3.05, 3.63) is 94.5 Å². The number of nitrogens with one attached hydrogen (secondary N) is 3. The highest BCUT2D eigenvalue weighted by Gasteiger charge is 2.36. The van der Waals surface area contributed by atoms with Crippen LogP contribution >= 0.6 is 0 Å². The number of aryl methyl sites for hydroxylation is 1. The summed E-state index contributed by atoms with van der Waals surface area (Å²) in [7, 11) is 1.63. The summed E-state index contributed by atoms with van der Waals surface area (Å²) < 4.78 is 0. The Kier molecular flexibility index (Phi) is 7.98. The number of carbonyl (C=O) groups excluding carboxylic acids is 2. The van der Waals surface area contributed by atoms with E-state index in [2.05, 4.69) is 20.9 Å². The van der Waals surface area contributed by atoms with Crippen molar-refractivity contribution in [2.24, 2.45) is 0 Å². The minimum atomic E-state index is -1.05. The first-order valence-corrected chi connectivity index (χ1v) is 14.5. The van der Waals surface area contributed by atoms with E-state index in [1.165, 1.54) is 24.0 Å². The average Bonchev–Trinajstić information content (AvgIpc) is 3.43. The molecule has 3 aromatic rings. The van der Waals surface area contributed by atoms with Crippen molar-refractivity contribution in [1.29, 1.82) is 0 Å². The van der Waals surface area contributed by atoms with E-state index in [-0.39, 0.29) is 17.4 Å². The van der Waals surface area contributed by atoms with Crippen LogP contribution in [0.3, 0.4) is 0 Å². The lowest BCUT2D eigenvalue weighted by atomic mass is 9.96. The molecule has 10 heteroatoms. The summed E-state index contributed by atoms with van der Waals surface area (Å²) in [6, 6.07) is 20.8. The molecule has 2 unspecified atom stereocenters. The van der Waals surface area contributed by atoms with Gasteiger partial charge in [-0.3, -0.25) is 19.3 Å². The number of carbonyl (C=O) groups is 3. The number of fused-ring (bicyclic) bond motifs is 3. The number of hydrogen-bond donors (Lipinski definition) is 4. The van der Waals surface area contributed by atoms with E-state index in [0.29, 0.717) is 58.0 Å². The van der Waals surface area contributed by atoms with Crippen LogP contribution in [-0.2, 0) is 9.63 Å². The molecular formula is C33H35N5O5. The fourth-order valence-corrected chi connectivity index (χ4v) is 6.29. The van der Waals surface area contributed by atoms with Crippen molar-refractivity contribution < 1.29 is 24.3 Å². The fourth-order valence-electron chi connectivity index (χ4n) is 6.29. The maximum Gasteiger partial charge on any atom is 0.336 e. The Morgan fingerprint density at radius 3 is 2.40 bits per heavy atom. The van der Waals surface area contributed by atoms with Crippen LogP contribution in [0.2, 0.25) is 0 Å². The lowest BCUT2D eigenvalue weighted by molar-refractivity contribution is -0.113. The number of hydrogen-bond acceptors (Lipinski definition) is 7. The Labute approximate surface area is 250 Å². The number of carboxylic acids is 1. The largest absolute Gasteiger partial charge is 0.478 e. The molecule has 2 atom stereocenters. The van der Waals surface area contributed by atoms with Crippen LogP contribution in [0.15, 0.2) is 66.7 Å². The molecule has 0 saturated carbocycles. The Bertz CT molecular complexity index is 1570. The van der Waals surface area contributed by atoms with Crippen molar-refractivity contribution in [3.8, 4) is 0 Å². The van der Waals surface area contributed by atoms with Gasteiger partial charge in [0, 0.05) is 55.6 Å². The molecule has 10 nitrogen and oxygen atoms in total. The predicted molar refractivity (Wildman–Crippen MR) is 165 cm³/mol. The number of carboxylic acid groups (broad SMARTS) is 1. The zero-order chi connectivity index (χ0) is 30.1. The third-order valence-corrected chi connectivity index (χ3v) is 8.50. The molecule has 2 fully saturated rings. The second-order valence-corrected chi connectivity index (χ2v) is 11.2. The molecule has 222 valence electrons. The van der Waals surface area contributed by atoms with Gasteiger partial charge in [-0.25, -0.2) is 9.86 Å². The van der Waals surface area contributed by atoms with Crippen molar-refractivity contribution in [2.75, 3.05) is 43.9 Å². The average molecular weight is 582 g/mol. The number of benzene rings is 3. The quantitative estimate of drug-likeness (QED) is 0.220. The minimum absolute atomic E-state index is 0.139. The third kappa shape index (κ3) is 5.77. The Morgan fingerprint density at radius 1 is 1.02 bits per heavy atom. The SMILES string of the molecule is Cc1cc2c(cc1C(=O)O)NC(=O)/C2=C(\Nc1ccc(C(=O)N(C)OCCN2C3CCC2CNC3)cc1)c1ccccc1. The topological polar surface area (TPSA) is 123 Å². The highest BCUT2D eigenvalue weighted by molar-refractivity contribution is 6.37. The molecule has 0 aliphatic carbocycles. The monoisotopic (exact) mass is 581 g/mol. The van der Waals surface area contributed by atoms with Crippen LogP contribution in [0.5, 0.6) is 0 Å². The molecule has 2 bridgehead atoms. The van der Waals surface area contributed by atoms with Gasteiger partial charge in [0.15, 0.2) is 0 Å². The number of anilines is 2. The summed E-state index contributed by atoms with van der Waals surface area (Å²) in [6.07, 6.45) is 2.41. The van der Waals surface area contributed by atoms with Crippen molar-refractivity contribution >= 4 is 40.4 Å². The van der Waals surface area contributed by atoms with Crippen molar-refractivity contribution in [3.63, 3.8) is 0 Å². The molecule has 2 amide bonds. The number of rotatable bonds is 9. The summed E-state index contributed by atoms with van der Waals surface area (Å²) >= 11 is 0. The molecule has 4 N–H and O–H groups in total. The molecular weight excluding hydrogens is 546 g/mol. The van der Waals surface area contributed by atoms with E-state index >= 15 is 0 Å². The van der Waals surface area contributed by atoms with Gasteiger partial charge in [0.05, 0.1) is 29.1 Å². The highest BCUT2D eigenvalue weighted by atomic mass is 16.7. The summed E-state index contributed by atoms with van der Waals surface area (Å²) in [5.41, 5.74) is 4.69. The summed E-state index contributed by atoms with van der Waals surface area (Å²) in [6.45, 7) is 4.97. The number of amides is 2. The molecule has 3 aliphatic heterocycles. The van der Waals surface area contributed by atoms with Crippen molar-refractivity contribution in [2.45, 2.75) is 31.8 Å². The molecule has 43 heavy (non-hydrogen) atoms. The van der Waals surface area contributed by atoms with E-state index in [4.69, 9.17) is 4.84 Å². The number of piperazine rings is 1. The molecule has 6 rings (SSSR count). The smallest absolute Gasteiger partial charge is 0.336 e. The molecule has 3 aliphatic rings. The summed E-state index contributed by atoms with van der Waals surface area (Å²) in [5, 5.41) is 20.5. The van der Waals surface area contributed by atoms with Gasteiger partial charge >= 0.3 is 5.97 Å². The van der Waals surface area contributed by atoms with Gasteiger partial charge < -0.3 is 21.1 Å². The normalized spacial score (nSPS) is 20.4. The zero-order valence-corrected chi connectivity index (χ0v) is 24.2. The molecule has 0 spiro atoms.